The Kier molecular flexibility index (Phi) is 4.85. The molecule has 26 heavy (non-hydrogen) atoms. The number of fused-ring (bicyclic) bond motifs is 1. The molecule has 1 aromatic heterocycles. The molecule has 0 saturated carbocycles. The molecular formula is C20H27N3O3. The van der Waals surface area contributed by atoms with Crippen LogP contribution in [0.2, 0.25) is 0 Å². The van der Waals surface area contributed by atoms with Crippen molar-refractivity contribution in [2.75, 3.05) is 20.8 Å². The first-order valence-electron chi connectivity index (χ1n) is 8.80. The SMILES string of the molecule is COc1ccc(OC)c([C@H]2c3cccn3CCN2C(=O)NC(C)(C)C)c1. The summed E-state index contributed by atoms with van der Waals surface area (Å²) in [5.41, 5.74) is 1.67. The van der Waals surface area contributed by atoms with Gasteiger partial charge in [-0.2, -0.15) is 0 Å². The van der Waals surface area contributed by atoms with Gasteiger partial charge in [-0.15, -0.1) is 0 Å². The number of amides is 2. The van der Waals surface area contributed by atoms with Gasteiger partial charge in [-0.05, 0) is 51.1 Å². The zero-order chi connectivity index (χ0) is 18.9. The molecule has 0 aliphatic carbocycles. The number of nitrogens with zero attached hydrogens (tertiary/aromatic N) is 2. The standard InChI is InChI=1S/C20H27N3O3/c1-20(2,3)21-19(24)23-12-11-22-10-6-7-16(22)18(23)15-13-14(25-4)8-9-17(15)26-5/h6-10,13,18H,11-12H2,1-5H3,(H,21,24)/t18-/m0/s1. The highest BCUT2D eigenvalue weighted by Gasteiger charge is 2.35. The second kappa shape index (κ2) is 6.94. The second-order valence-electron chi connectivity index (χ2n) is 7.51. The Labute approximate surface area is 154 Å². The normalized spacial score (nSPS) is 16.8. The van der Waals surface area contributed by atoms with Crippen molar-refractivity contribution in [3.63, 3.8) is 0 Å². The number of benzene rings is 1. The predicted octanol–water partition coefficient (Wildman–Crippen LogP) is 3.42. The number of urea groups is 1. The van der Waals surface area contributed by atoms with Gasteiger partial charge in [-0.25, -0.2) is 4.79 Å². The van der Waals surface area contributed by atoms with Crippen molar-refractivity contribution in [3.8, 4) is 11.5 Å². The predicted molar refractivity (Wildman–Crippen MR) is 101 cm³/mol. The van der Waals surface area contributed by atoms with Gasteiger partial charge in [0.1, 0.15) is 17.5 Å². The highest BCUT2D eigenvalue weighted by atomic mass is 16.5. The van der Waals surface area contributed by atoms with Gasteiger partial charge in [0.05, 0.1) is 14.2 Å². The minimum Gasteiger partial charge on any atom is -0.497 e. The van der Waals surface area contributed by atoms with Crippen LogP contribution in [0.1, 0.15) is 38.1 Å². The number of carbonyl (C=O) groups excluding carboxylic acids is 1. The lowest BCUT2D eigenvalue weighted by Gasteiger charge is -2.39. The van der Waals surface area contributed by atoms with Crippen LogP contribution in [-0.2, 0) is 6.54 Å². The summed E-state index contributed by atoms with van der Waals surface area (Å²) in [7, 11) is 3.28. The molecule has 2 heterocycles. The molecule has 1 aromatic carbocycles. The molecule has 0 saturated heterocycles. The average Bonchev–Trinajstić information content (AvgIpc) is 3.07. The fraction of sp³-hybridized carbons (Fsp3) is 0.450. The number of rotatable bonds is 3. The van der Waals surface area contributed by atoms with Crippen molar-refractivity contribution in [2.45, 2.75) is 38.9 Å². The van der Waals surface area contributed by atoms with Gasteiger partial charge < -0.3 is 24.3 Å². The van der Waals surface area contributed by atoms with E-state index in [1.165, 1.54) is 0 Å². The number of hydrogen-bond donors (Lipinski definition) is 1. The van der Waals surface area contributed by atoms with Crippen LogP contribution in [0.15, 0.2) is 36.5 Å². The lowest BCUT2D eigenvalue weighted by molar-refractivity contribution is 0.159. The summed E-state index contributed by atoms with van der Waals surface area (Å²) >= 11 is 0. The molecular weight excluding hydrogens is 330 g/mol. The van der Waals surface area contributed by atoms with E-state index in [4.69, 9.17) is 9.47 Å². The first-order valence-corrected chi connectivity index (χ1v) is 8.80. The maximum Gasteiger partial charge on any atom is 0.318 e. The number of hydrogen-bond acceptors (Lipinski definition) is 3. The number of carbonyl (C=O) groups is 1. The maximum atomic E-state index is 13.0. The van der Waals surface area contributed by atoms with Gasteiger partial charge >= 0.3 is 6.03 Å². The van der Waals surface area contributed by atoms with Crippen LogP contribution in [0, 0.1) is 0 Å². The fourth-order valence-corrected chi connectivity index (χ4v) is 3.38. The molecule has 140 valence electrons. The highest BCUT2D eigenvalue weighted by molar-refractivity contribution is 5.76. The van der Waals surface area contributed by atoms with E-state index in [1.54, 1.807) is 14.2 Å². The minimum absolute atomic E-state index is 0.0835. The Balaban J connectivity index is 2.09. The van der Waals surface area contributed by atoms with Gasteiger partial charge in [-0.1, -0.05) is 0 Å². The highest BCUT2D eigenvalue weighted by Crippen LogP contribution is 2.39. The van der Waals surface area contributed by atoms with Gasteiger partial charge in [0.2, 0.25) is 0 Å². The lowest BCUT2D eigenvalue weighted by atomic mass is 9.98. The smallest absolute Gasteiger partial charge is 0.318 e. The van der Waals surface area contributed by atoms with Crippen molar-refractivity contribution < 1.29 is 14.3 Å². The molecule has 0 bridgehead atoms. The van der Waals surface area contributed by atoms with Gasteiger partial charge in [0, 0.05) is 36.1 Å². The van der Waals surface area contributed by atoms with E-state index in [9.17, 15) is 4.79 Å². The summed E-state index contributed by atoms with van der Waals surface area (Å²) in [5.74, 6) is 1.47. The first kappa shape index (κ1) is 18.2. The van der Waals surface area contributed by atoms with Crippen LogP contribution >= 0.6 is 0 Å². The molecule has 0 spiro atoms. The van der Waals surface area contributed by atoms with E-state index >= 15 is 0 Å². The Morgan fingerprint density at radius 1 is 1.15 bits per heavy atom. The molecule has 2 amide bonds. The van der Waals surface area contributed by atoms with E-state index in [-0.39, 0.29) is 17.6 Å². The maximum absolute atomic E-state index is 13.0. The molecule has 1 aliphatic rings. The quantitative estimate of drug-likeness (QED) is 0.916. The Hall–Kier alpha value is -2.63. The molecule has 0 radical (unpaired) electrons. The lowest BCUT2D eigenvalue weighted by Crippen LogP contribution is -2.52. The van der Waals surface area contributed by atoms with Crippen molar-refractivity contribution in [1.29, 1.82) is 0 Å². The van der Waals surface area contributed by atoms with E-state index in [2.05, 4.69) is 16.0 Å². The third-order valence-corrected chi connectivity index (χ3v) is 4.51. The summed E-state index contributed by atoms with van der Waals surface area (Å²) in [6.45, 7) is 7.34. The van der Waals surface area contributed by atoms with Gasteiger partial charge in [0.25, 0.3) is 0 Å². The van der Waals surface area contributed by atoms with Crippen molar-refractivity contribution in [2.24, 2.45) is 0 Å². The summed E-state index contributed by atoms with van der Waals surface area (Å²) in [5, 5.41) is 3.08. The molecule has 0 fully saturated rings. The number of aromatic nitrogens is 1. The molecule has 6 nitrogen and oxygen atoms in total. The Morgan fingerprint density at radius 2 is 1.92 bits per heavy atom. The van der Waals surface area contributed by atoms with Crippen LogP contribution in [-0.4, -0.2) is 41.8 Å². The molecule has 1 atom stereocenters. The molecule has 6 heteroatoms. The first-order chi connectivity index (χ1) is 12.3. The number of ether oxygens (including phenoxy) is 2. The third-order valence-electron chi connectivity index (χ3n) is 4.51. The zero-order valence-electron chi connectivity index (χ0n) is 16.1. The molecule has 2 aromatic rings. The fourth-order valence-electron chi connectivity index (χ4n) is 3.38. The molecule has 3 rings (SSSR count). The summed E-state index contributed by atoms with van der Waals surface area (Å²) in [6, 6.07) is 9.44. The van der Waals surface area contributed by atoms with Crippen LogP contribution in [0.25, 0.3) is 0 Å². The summed E-state index contributed by atoms with van der Waals surface area (Å²) in [4.78, 5) is 14.9. The monoisotopic (exact) mass is 357 g/mol. The molecule has 1 N–H and O–H groups in total. The van der Waals surface area contributed by atoms with Crippen molar-refractivity contribution in [1.82, 2.24) is 14.8 Å². The van der Waals surface area contributed by atoms with E-state index in [1.807, 2.05) is 56.1 Å². The average molecular weight is 357 g/mol. The topological polar surface area (TPSA) is 55.7 Å². The minimum atomic E-state index is -0.306. The van der Waals surface area contributed by atoms with Crippen LogP contribution < -0.4 is 14.8 Å². The number of nitrogens with one attached hydrogen (secondary N) is 1. The number of methoxy groups -OCH3 is 2. The van der Waals surface area contributed by atoms with Gasteiger partial charge in [-0.3, -0.25) is 0 Å². The summed E-state index contributed by atoms with van der Waals surface area (Å²) in [6.07, 6.45) is 2.05. The van der Waals surface area contributed by atoms with Crippen LogP contribution in [0.5, 0.6) is 11.5 Å². The summed E-state index contributed by atoms with van der Waals surface area (Å²) < 4.78 is 13.2. The molecule has 0 unspecified atom stereocenters. The van der Waals surface area contributed by atoms with Crippen molar-refractivity contribution >= 4 is 6.03 Å². The van der Waals surface area contributed by atoms with E-state index < -0.39 is 0 Å². The second-order valence-corrected chi connectivity index (χ2v) is 7.51. The molecule has 1 aliphatic heterocycles. The zero-order valence-corrected chi connectivity index (χ0v) is 16.1. The van der Waals surface area contributed by atoms with Crippen LogP contribution in [0.4, 0.5) is 4.79 Å². The van der Waals surface area contributed by atoms with Crippen LogP contribution in [0.3, 0.4) is 0 Å². The Bertz CT molecular complexity index is 792. The van der Waals surface area contributed by atoms with Crippen molar-refractivity contribution in [3.05, 3.63) is 47.8 Å². The third kappa shape index (κ3) is 3.49. The van der Waals surface area contributed by atoms with E-state index in [0.717, 1.165) is 29.3 Å². The Morgan fingerprint density at radius 3 is 2.58 bits per heavy atom. The largest absolute Gasteiger partial charge is 0.497 e. The van der Waals surface area contributed by atoms with E-state index in [0.29, 0.717) is 6.54 Å². The van der Waals surface area contributed by atoms with Gasteiger partial charge in [0.15, 0.2) is 0 Å².